The SMILES string of the molecule is CCC(C)(CC)C[C@@H](O)COC(=O)CCCC(C)(C)C. The predicted octanol–water partition coefficient (Wildman–Crippen LogP) is 4.32. The van der Waals surface area contributed by atoms with Crippen LogP contribution in [0.4, 0.5) is 0 Å². The molecule has 0 aromatic heterocycles. The van der Waals surface area contributed by atoms with Crippen molar-refractivity contribution in [3.05, 3.63) is 0 Å². The first-order valence-corrected chi connectivity index (χ1v) is 7.95. The number of carbonyl (C=O) groups is 1. The van der Waals surface area contributed by atoms with Crippen LogP contribution in [0.25, 0.3) is 0 Å². The molecule has 0 heterocycles. The van der Waals surface area contributed by atoms with E-state index >= 15 is 0 Å². The van der Waals surface area contributed by atoms with Crippen molar-refractivity contribution in [3.63, 3.8) is 0 Å². The Labute approximate surface area is 125 Å². The molecule has 0 fully saturated rings. The van der Waals surface area contributed by atoms with Crippen LogP contribution in [0.3, 0.4) is 0 Å². The van der Waals surface area contributed by atoms with Gasteiger partial charge < -0.3 is 9.84 Å². The fourth-order valence-corrected chi connectivity index (χ4v) is 2.19. The van der Waals surface area contributed by atoms with Crippen LogP contribution in [-0.4, -0.2) is 23.8 Å². The van der Waals surface area contributed by atoms with Crippen LogP contribution < -0.4 is 0 Å². The van der Waals surface area contributed by atoms with Crippen LogP contribution in [0.15, 0.2) is 0 Å². The van der Waals surface area contributed by atoms with Crippen LogP contribution in [-0.2, 0) is 9.53 Å². The van der Waals surface area contributed by atoms with Crippen LogP contribution in [0, 0.1) is 10.8 Å². The van der Waals surface area contributed by atoms with Crippen molar-refractivity contribution in [1.82, 2.24) is 0 Å². The Kier molecular flexibility index (Phi) is 8.41. The Morgan fingerprint density at radius 3 is 2.15 bits per heavy atom. The van der Waals surface area contributed by atoms with Crippen LogP contribution in [0.5, 0.6) is 0 Å². The molecule has 0 unspecified atom stereocenters. The van der Waals surface area contributed by atoms with Crippen molar-refractivity contribution in [1.29, 1.82) is 0 Å². The van der Waals surface area contributed by atoms with Gasteiger partial charge in [-0.1, -0.05) is 54.4 Å². The second kappa shape index (κ2) is 8.66. The third-order valence-corrected chi connectivity index (χ3v) is 4.18. The molecule has 1 N–H and O–H groups in total. The van der Waals surface area contributed by atoms with E-state index in [1.165, 1.54) is 0 Å². The molecular weight excluding hydrogens is 252 g/mol. The van der Waals surface area contributed by atoms with Gasteiger partial charge in [0.1, 0.15) is 6.61 Å². The quantitative estimate of drug-likeness (QED) is 0.642. The summed E-state index contributed by atoms with van der Waals surface area (Å²) in [5.41, 5.74) is 0.391. The Morgan fingerprint density at radius 1 is 1.15 bits per heavy atom. The Hall–Kier alpha value is -0.570. The summed E-state index contributed by atoms with van der Waals surface area (Å²) in [5.74, 6) is -0.192. The zero-order chi connectivity index (χ0) is 15.8. The summed E-state index contributed by atoms with van der Waals surface area (Å²) in [6.07, 6.45) is 4.50. The van der Waals surface area contributed by atoms with Crippen molar-refractivity contribution in [2.45, 2.75) is 86.2 Å². The summed E-state index contributed by atoms with van der Waals surface area (Å²) in [7, 11) is 0. The van der Waals surface area contributed by atoms with Gasteiger partial charge in [-0.2, -0.15) is 0 Å². The number of rotatable bonds is 9. The Bertz CT molecular complexity index is 274. The zero-order valence-electron chi connectivity index (χ0n) is 14.3. The first-order valence-electron chi connectivity index (χ1n) is 7.95. The number of ether oxygens (including phenoxy) is 1. The fourth-order valence-electron chi connectivity index (χ4n) is 2.19. The van der Waals surface area contributed by atoms with E-state index in [2.05, 4.69) is 41.5 Å². The van der Waals surface area contributed by atoms with E-state index in [4.69, 9.17) is 4.74 Å². The molecule has 0 spiro atoms. The molecule has 0 amide bonds. The average Bonchev–Trinajstić information content (AvgIpc) is 2.34. The highest BCUT2D eigenvalue weighted by Gasteiger charge is 2.24. The van der Waals surface area contributed by atoms with E-state index in [-0.39, 0.29) is 23.4 Å². The molecule has 0 aliphatic carbocycles. The van der Waals surface area contributed by atoms with Gasteiger partial charge in [0.05, 0.1) is 6.10 Å². The van der Waals surface area contributed by atoms with Gasteiger partial charge in [-0.15, -0.1) is 0 Å². The van der Waals surface area contributed by atoms with E-state index in [0.717, 1.165) is 25.7 Å². The van der Waals surface area contributed by atoms with Gasteiger partial charge in [-0.05, 0) is 30.1 Å². The zero-order valence-corrected chi connectivity index (χ0v) is 14.3. The number of hydrogen-bond donors (Lipinski definition) is 1. The molecule has 0 aromatic carbocycles. The highest BCUT2D eigenvalue weighted by Crippen LogP contribution is 2.31. The first-order chi connectivity index (χ1) is 9.12. The van der Waals surface area contributed by atoms with E-state index in [1.54, 1.807) is 0 Å². The lowest BCUT2D eigenvalue weighted by Gasteiger charge is -2.29. The van der Waals surface area contributed by atoms with Crippen molar-refractivity contribution < 1.29 is 14.6 Å². The van der Waals surface area contributed by atoms with E-state index in [1.807, 2.05) is 0 Å². The second-order valence-corrected chi connectivity index (χ2v) is 7.47. The maximum absolute atomic E-state index is 11.6. The highest BCUT2D eigenvalue weighted by molar-refractivity contribution is 5.69. The van der Waals surface area contributed by atoms with Gasteiger partial charge in [0.15, 0.2) is 0 Å². The molecule has 0 saturated carbocycles. The van der Waals surface area contributed by atoms with Gasteiger partial charge in [0.2, 0.25) is 0 Å². The molecular formula is C17H34O3. The standard InChI is InChI=1S/C17H34O3/c1-7-17(6,8-2)12-14(18)13-20-15(19)10-9-11-16(3,4)5/h14,18H,7-13H2,1-6H3/t14-/m1/s1. The molecule has 0 bridgehead atoms. The van der Waals surface area contributed by atoms with Crippen LogP contribution in [0.1, 0.15) is 80.1 Å². The van der Waals surface area contributed by atoms with Crippen molar-refractivity contribution in [3.8, 4) is 0 Å². The topological polar surface area (TPSA) is 46.5 Å². The lowest BCUT2D eigenvalue weighted by molar-refractivity contribution is -0.147. The number of aliphatic hydroxyl groups excluding tert-OH is 1. The number of aliphatic hydroxyl groups is 1. The van der Waals surface area contributed by atoms with Gasteiger partial charge in [0.25, 0.3) is 0 Å². The lowest BCUT2D eigenvalue weighted by atomic mass is 9.80. The third kappa shape index (κ3) is 9.35. The Morgan fingerprint density at radius 2 is 1.70 bits per heavy atom. The van der Waals surface area contributed by atoms with Gasteiger partial charge in [-0.25, -0.2) is 0 Å². The maximum atomic E-state index is 11.6. The van der Waals surface area contributed by atoms with E-state index in [9.17, 15) is 9.90 Å². The minimum atomic E-state index is -0.550. The molecule has 3 heteroatoms. The normalized spacial score (nSPS) is 14.2. The number of hydrogen-bond acceptors (Lipinski definition) is 3. The smallest absolute Gasteiger partial charge is 0.305 e. The van der Waals surface area contributed by atoms with E-state index < -0.39 is 6.10 Å². The van der Waals surface area contributed by atoms with Crippen molar-refractivity contribution >= 4 is 5.97 Å². The molecule has 0 aliphatic heterocycles. The summed E-state index contributed by atoms with van der Waals surface area (Å²) in [4.78, 5) is 11.6. The molecule has 120 valence electrons. The molecule has 20 heavy (non-hydrogen) atoms. The summed E-state index contributed by atoms with van der Waals surface area (Å²) in [6, 6.07) is 0. The maximum Gasteiger partial charge on any atom is 0.305 e. The molecule has 3 nitrogen and oxygen atoms in total. The molecule has 0 saturated heterocycles. The third-order valence-electron chi connectivity index (χ3n) is 4.18. The van der Waals surface area contributed by atoms with E-state index in [0.29, 0.717) is 12.8 Å². The molecule has 0 radical (unpaired) electrons. The Balaban J connectivity index is 3.89. The molecule has 0 aromatic rings. The molecule has 0 rings (SSSR count). The highest BCUT2D eigenvalue weighted by atomic mass is 16.5. The second-order valence-electron chi connectivity index (χ2n) is 7.47. The molecule has 1 atom stereocenters. The summed E-state index contributed by atoms with van der Waals surface area (Å²) in [5, 5.41) is 9.97. The van der Waals surface area contributed by atoms with Gasteiger partial charge in [-0.3, -0.25) is 4.79 Å². The minimum absolute atomic E-state index is 0.129. The van der Waals surface area contributed by atoms with Gasteiger partial charge >= 0.3 is 5.97 Å². The minimum Gasteiger partial charge on any atom is -0.463 e. The predicted molar refractivity (Wildman–Crippen MR) is 83.6 cm³/mol. The number of esters is 1. The molecule has 0 aliphatic rings. The lowest BCUT2D eigenvalue weighted by Crippen LogP contribution is -2.27. The van der Waals surface area contributed by atoms with Crippen LogP contribution in [0.2, 0.25) is 0 Å². The fraction of sp³-hybridized carbons (Fsp3) is 0.941. The van der Waals surface area contributed by atoms with Crippen molar-refractivity contribution in [2.24, 2.45) is 10.8 Å². The monoisotopic (exact) mass is 286 g/mol. The van der Waals surface area contributed by atoms with Gasteiger partial charge in [0, 0.05) is 6.42 Å². The van der Waals surface area contributed by atoms with Crippen molar-refractivity contribution in [2.75, 3.05) is 6.61 Å². The summed E-state index contributed by atoms with van der Waals surface area (Å²) < 4.78 is 5.16. The number of carbonyl (C=O) groups excluding carboxylic acids is 1. The average molecular weight is 286 g/mol. The largest absolute Gasteiger partial charge is 0.463 e. The summed E-state index contributed by atoms with van der Waals surface area (Å²) >= 11 is 0. The summed E-state index contributed by atoms with van der Waals surface area (Å²) in [6.45, 7) is 13.1. The van der Waals surface area contributed by atoms with Crippen LogP contribution >= 0.6 is 0 Å². The first kappa shape index (κ1) is 19.4.